The molecule has 0 aromatic carbocycles. The molecule has 2 aliphatic rings. The second-order valence-electron chi connectivity index (χ2n) is 5.25. The number of carboxylic acids is 1. The van der Waals surface area contributed by atoms with E-state index in [-0.39, 0.29) is 18.9 Å². The molecule has 18 heavy (non-hydrogen) atoms. The highest BCUT2D eigenvalue weighted by atomic mass is 16.4. The summed E-state index contributed by atoms with van der Waals surface area (Å²) in [6.45, 7) is 3.16. The Kier molecular flexibility index (Phi) is 4.19. The monoisotopic (exact) mass is 255 g/mol. The molecule has 2 fully saturated rings. The third kappa shape index (κ3) is 3.20. The highest BCUT2D eigenvalue weighted by Crippen LogP contribution is 2.16. The van der Waals surface area contributed by atoms with E-state index in [0.717, 1.165) is 25.9 Å². The van der Waals surface area contributed by atoms with Crippen LogP contribution in [-0.2, 0) is 9.59 Å². The van der Waals surface area contributed by atoms with Gasteiger partial charge in [0.1, 0.15) is 0 Å². The zero-order valence-corrected chi connectivity index (χ0v) is 10.6. The molecule has 0 spiro atoms. The van der Waals surface area contributed by atoms with Crippen molar-refractivity contribution in [2.45, 2.75) is 31.2 Å². The Hall–Kier alpha value is -1.14. The number of likely N-dealkylation sites (tertiary alicyclic amines) is 1. The number of amides is 1. The van der Waals surface area contributed by atoms with E-state index in [1.165, 1.54) is 6.42 Å². The van der Waals surface area contributed by atoms with E-state index in [1.807, 2.05) is 4.90 Å². The Morgan fingerprint density at radius 2 is 1.89 bits per heavy atom. The molecular weight excluding hydrogens is 234 g/mol. The van der Waals surface area contributed by atoms with Crippen LogP contribution in [0, 0.1) is 0 Å². The SMILES string of the molecule is O=C(O)CC1(NCC(=O)N2CCCCC2)CNC1. The maximum atomic E-state index is 12.0. The molecular formula is C12H21N3O3. The molecule has 2 saturated heterocycles. The fourth-order valence-corrected chi connectivity index (χ4v) is 2.55. The largest absolute Gasteiger partial charge is 0.481 e. The third-order valence-electron chi connectivity index (χ3n) is 3.74. The van der Waals surface area contributed by atoms with Gasteiger partial charge in [0.25, 0.3) is 0 Å². The van der Waals surface area contributed by atoms with Crippen molar-refractivity contribution < 1.29 is 14.7 Å². The fraction of sp³-hybridized carbons (Fsp3) is 0.833. The number of carbonyl (C=O) groups excluding carboxylic acids is 1. The second kappa shape index (κ2) is 5.67. The van der Waals surface area contributed by atoms with Crippen LogP contribution in [0.1, 0.15) is 25.7 Å². The Morgan fingerprint density at radius 3 is 2.39 bits per heavy atom. The van der Waals surface area contributed by atoms with Gasteiger partial charge in [-0.1, -0.05) is 0 Å². The minimum Gasteiger partial charge on any atom is -0.481 e. The molecule has 0 radical (unpaired) electrons. The van der Waals surface area contributed by atoms with Gasteiger partial charge in [0.2, 0.25) is 5.91 Å². The lowest BCUT2D eigenvalue weighted by molar-refractivity contribution is -0.140. The molecule has 0 aromatic heterocycles. The van der Waals surface area contributed by atoms with Gasteiger partial charge in [-0.05, 0) is 19.3 Å². The van der Waals surface area contributed by atoms with Crippen LogP contribution in [0.25, 0.3) is 0 Å². The first-order chi connectivity index (χ1) is 8.61. The number of carbonyl (C=O) groups is 2. The van der Waals surface area contributed by atoms with Gasteiger partial charge < -0.3 is 15.3 Å². The van der Waals surface area contributed by atoms with Gasteiger partial charge in [-0.15, -0.1) is 0 Å². The van der Waals surface area contributed by atoms with E-state index in [9.17, 15) is 9.59 Å². The van der Waals surface area contributed by atoms with E-state index < -0.39 is 11.5 Å². The van der Waals surface area contributed by atoms with Gasteiger partial charge in [0.05, 0.1) is 18.5 Å². The van der Waals surface area contributed by atoms with E-state index in [4.69, 9.17) is 5.11 Å². The first kappa shape index (κ1) is 13.3. The Labute approximate surface area is 107 Å². The van der Waals surface area contributed by atoms with Crippen molar-refractivity contribution in [2.75, 3.05) is 32.7 Å². The number of hydrogen-bond donors (Lipinski definition) is 3. The van der Waals surface area contributed by atoms with Crippen molar-refractivity contribution in [1.82, 2.24) is 15.5 Å². The average Bonchev–Trinajstić information content (AvgIpc) is 2.32. The summed E-state index contributed by atoms with van der Waals surface area (Å²) < 4.78 is 0. The lowest BCUT2D eigenvalue weighted by atomic mass is 9.88. The molecule has 0 aromatic rings. The number of carboxylic acid groups (broad SMARTS) is 1. The summed E-state index contributed by atoms with van der Waals surface area (Å²) in [6.07, 6.45) is 3.42. The van der Waals surface area contributed by atoms with E-state index in [0.29, 0.717) is 13.1 Å². The normalized spacial score (nSPS) is 22.3. The molecule has 0 unspecified atom stereocenters. The third-order valence-corrected chi connectivity index (χ3v) is 3.74. The smallest absolute Gasteiger partial charge is 0.305 e. The molecule has 102 valence electrons. The average molecular weight is 255 g/mol. The number of nitrogens with one attached hydrogen (secondary N) is 2. The van der Waals surface area contributed by atoms with Crippen LogP contribution < -0.4 is 10.6 Å². The number of piperidine rings is 1. The van der Waals surface area contributed by atoms with Crippen molar-refractivity contribution in [3.63, 3.8) is 0 Å². The van der Waals surface area contributed by atoms with E-state index >= 15 is 0 Å². The quantitative estimate of drug-likeness (QED) is 0.611. The van der Waals surface area contributed by atoms with Gasteiger partial charge >= 0.3 is 5.97 Å². The van der Waals surface area contributed by atoms with Crippen LogP contribution in [0.5, 0.6) is 0 Å². The molecule has 2 rings (SSSR count). The highest BCUT2D eigenvalue weighted by molar-refractivity contribution is 5.78. The van der Waals surface area contributed by atoms with E-state index in [2.05, 4.69) is 10.6 Å². The van der Waals surface area contributed by atoms with Crippen LogP contribution in [0.15, 0.2) is 0 Å². The van der Waals surface area contributed by atoms with Crippen LogP contribution in [-0.4, -0.2) is 60.1 Å². The van der Waals surface area contributed by atoms with Crippen molar-refractivity contribution >= 4 is 11.9 Å². The van der Waals surface area contributed by atoms with Crippen molar-refractivity contribution in [3.8, 4) is 0 Å². The standard InChI is InChI=1S/C12H21N3O3/c16-10(15-4-2-1-3-5-15)7-14-12(6-11(17)18)8-13-9-12/h13-14H,1-9H2,(H,17,18). The van der Waals surface area contributed by atoms with Crippen LogP contribution in [0.4, 0.5) is 0 Å². The summed E-state index contributed by atoms with van der Waals surface area (Å²) in [4.78, 5) is 24.6. The zero-order valence-electron chi connectivity index (χ0n) is 10.6. The summed E-state index contributed by atoms with van der Waals surface area (Å²) in [5, 5.41) is 15.1. The van der Waals surface area contributed by atoms with Crippen LogP contribution in [0.3, 0.4) is 0 Å². The minimum atomic E-state index is -0.825. The molecule has 1 amide bonds. The van der Waals surface area contributed by atoms with Gasteiger partial charge in [-0.25, -0.2) is 0 Å². The van der Waals surface area contributed by atoms with Crippen molar-refractivity contribution in [3.05, 3.63) is 0 Å². The van der Waals surface area contributed by atoms with Crippen LogP contribution in [0.2, 0.25) is 0 Å². The van der Waals surface area contributed by atoms with E-state index in [1.54, 1.807) is 0 Å². The summed E-state index contributed by atoms with van der Waals surface area (Å²) in [5.74, 6) is -0.735. The maximum absolute atomic E-state index is 12.0. The Balaban J connectivity index is 1.78. The lowest BCUT2D eigenvalue weighted by Crippen LogP contribution is -2.69. The summed E-state index contributed by atoms with van der Waals surface area (Å²) in [6, 6.07) is 0. The van der Waals surface area contributed by atoms with Crippen LogP contribution >= 0.6 is 0 Å². The topological polar surface area (TPSA) is 81.7 Å². The Bertz CT molecular complexity index is 323. The molecule has 3 N–H and O–H groups in total. The zero-order chi connectivity index (χ0) is 13.0. The molecule has 6 nitrogen and oxygen atoms in total. The van der Waals surface area contributed by atoms with Crippen molar-refractivity contribution in [1.29, 1.82) is 0 Å². The molecule has 2 heterocycles. The first-order valence-corrected chi connectivity index (χ1v) is 6.57. The molecule has 6 heteroatoms. The highest BCUT2D eigenvalue weighted by Gasteiger charge is 2.39. The predicted molar refractivity (Wildman–Crippen MR) is 66.3 cm³/mol. The predicted octanol–water partition coefficient (Wildman–Crippen LogP) is -0.595. The molecule has 0 atom stereocenters. The molecule has 0 saturated carbocycles. The Morgan fingerprint density at radius 1 is 1.22 bits per heavy atom. The summed E-state index contributed by atoms with van der Waals surface area (Å²) in [5.41, 5.74) is -0.433. The molecule has 0 aliphatic carbocycles. The summed E-state index contributed by atoms with van der Waals surface area (Å²) in [7, 11) is 0. The number of aliphatic carboxylic acids is 1. The second-order valence-corrected chi connectivity index (χ2v) is 5.25. The first-order valence-electron chi connectivity index (χ1n) is 6.57. The minimum absolute atomic E-state index is 0.0628. The number of nitrogens with zero attached hydrogens (tertiary/aromatic N) is 1. The number of hydrogen-bond acceptors (Lipinski definition) is 4. The van der Waals surface area contributed by atoms with Gasteiger partial charge in [-0.3, -0.25) is 14.9 Å². The van der Waals surface area contributed by atoms with Gasteiger partial charge in [0.15, 0.2) is 0 Å². The van der Waals surface area contributed by atoms with Gasteiger partial charge in [-0.2, -0.15) is 0 Å². The maximum Gasteiger partial charge on any atom is 0.305 e. The molecule has 0 bridgehead atoms. The summed E-state index contributed by atoms with van der Waals surface area (Å²) >= 11 is 0. The van der Waals surface area contributed by atoms with Gasteiger partial charge in [0, 0.05) is 26.2 Å². The lowest BCUT2D eigenvalue weighted by Gasteiger charge is -2.42. The van der Waals surface area contributed by atoms with Crippen molar-refractivity contribution in [2.24, 2.45) is 0 Å². The fourth-order valence-electron chi connectivity index (χ4n) is 2.55. The molecule has 2 aliphatic heterocycles. The number of rotatable bonds is 5.